The Labute approximate surface area is 125 Å². The molecule has 0 saturated heterocycles. The molecular weight excluding hydrogens is 324 g/mol. The molecule has 6 heteroatoms. The summed E-state index contributed by atoms with van der Waals surface area (Å²) in [6, 6.07) is 5.65. The number of halogens is 1. The predicted octanol–water partition coefficient (Wildman–Crippen LogP) is 2.65. The number of ether oxygens (including phenoxy) is 2. The van der Waals surface area contributed by atoms with Gasteiger partial charge in [0.25, 0.3) is 0 Å². The lowest BCUT2D eigenvalue weighted by Crippen LogP contribution is -2.08. The van der Waals surface area contributed by atoms with Crippen LogP contribution in [0.3, 0.4) is 0 Å². The number of nitrogens with zero attached hydrogens (tertiary/aromatic N) is 2. The van der Waals surface area contributed by atoms with Gasteiger partial charge in [0.05, 0.1) is 20.4 Å². The van der Waals surface area contributed by atoms with Crippen LogP contribution < -0.4 is 9.47 Å². The first-order valence-electron chi connectivity index (χ1n) is 5.96. The van der Waals surface area contributed by atoms with Crippen LogP contribution in [0.25, 0.3) is 0 Å². The molecule has 1 aromatic carbocycles. The van der Waals surface area contributed by atoms with Crippen LogP contribution in [0.4, 0.5) is 0 Å². The number of hydrogen-bond donors (Lipinski definition) is 1. The minimum atomic E-state index is -0.906. The number of methoxy groups -OCH3 is 2. The van der Waals surface area contributed by atoms with Gasteiger partial charge in [0.15, 0.2) is 0 Å². The van der Waals surface area contributed by atoms with Crippen LogP contribution >= 0.6 is 15.9 Å². The average Bonchev–Trinajstić information content (AvgIpc) is 2.46. The zero-order chi connectivity index (χ0) is 14.7. The second-order valence-corrected chi connectivity index (χ2v) is 5.13. The molecule has 0 bridgehead atoms. The van der Waals surface area contributed by atoms with Crippen LogP contribution in [0.2, 0.25) is 0 Å². The van der Waals surface area contributed by atoms with E-state index < -0.39 is 6.10 Å². The Hall–Kier alpha value is -1.66. The Bertz CT molecular complexity index is 619. The maximum atomic E-state index is 10.5. The monoisotopic (exact) mass is 338 g/mol. The van der Waals surface area contributed by atoms with Crippen molar-refractivity contribution in [3.8, 4) is 11.8 Å². The van der Waals surface area contributed by atoms with Crippen molar-refractivity contribution in [2.75, 3.05) is 14.2 Å². The van der Waals surface area contributed by atoms with E-state index >= 15 is 0 Å². The highest BCUT2D eigenvalue weighted by Gasteiger charge is 2.20. The second-order valence-electron chi connectivity index (χ2n) is 4.21. The van der Waals surface area contributed by atoms with Crippen molar-refractivity contribution in [3.63, 3.8) is 0 Å². The largest absolute Gasteiger partial charge is 0.480 e. The Morgan fingerprint density at radius 2 is 2.00 bits per heavy atom. The molecule has 5 nitrogen and oxygen atoms in total. The van der Waals surface area contributed by atoms with Crippen molar-refractivity contribution in [1.82, 2.24) is 9.97 Å². The first-order chi connectivity index (χ1) is 9.56. The molecule has 0 aliphatic heterocycles. The molecule has 1 unspecified atom stereocenters. The van der Waals surface area contributed by atoms with Gasteiger partial charge in [0.2, 0.25) is 11.8 Å². The summed E-state index contributed by atoms with van der Waals surface area (Å²) >= 11 is 3.40. The van der Waals surface area contributed by atoms with Crippen LogP contribution in [0, 0.1) is 6.92 Å². The lowest BCUT2D eigenvalue weighted by Gasteiger charge is -2.16. The van der Waals surface area contributed by atoms with Gasteiger partial charge in [-0.2, -0.15) is 4.98 Å². The lowest BCUT2D eigenvalue weighted by atomic mass is 10.0. The van der Waals surface area contributed by atoms with E-state index in [0.717, 1.165) is 15.6 Å². The smallest absolute Gasteiger partial charge is 0.241 e. The molecule has 0 fully saturated rings. The molecule has 0 aliphatic carbocycles. The zero-order valence-corrected chi connectivity index (χ0v) is 13.0. The summed E-state index contributed by atoms with van der Waals surface area (Å²) < 4.78 is 11.1. The van der Waals surface area contributed by atoms with Crippen molar-refractivity contribution >= 4 is 15.9 Å². The van der Waals surface area contributed by atoms with Gasteiger partial charge in [-0.1, -0.05) is 22.0 Å². The molecule has 2 rings (SSSR count). The fraction of sp³-hybridized carbons (Fsp3) is 0.286. The number of aromatic nitrogens is 2. The molecule has 1 atom stereocenters. The van der Waals surface area contributed by atoms with Gasteiger partial charge in [0.1, 0.15) is 11.8 Å². The van der Waals surface area contributed by atoms with E-state index in [0.29, 0.717) is 11.6 Å². The Balaban J connectivity index is 2.44. The molecule has 0 saturated carbocycles. The molecule has 0 radical (unpaired) electrons. The van der Waals surface area contributed by atoms with Crippen LogP contribution in [-0.2, 0) is 0 Å². The molecule has 1 N–H and O–H groups in total. The van der Waals surface area contributed by atoms with E-state index in [4.69, 9.17) is 9.47 Å². The van der Waals surface area contributed by atoms with E-state index in [1.807, 2.05) is 25.1 Å². The Kier molecular flexibility index (Phi) is 4.57. The van der Waals surface area contributed by atoms with Crippen LogP contribution in [0.15, 0.2) is 28.9 Å². The van der Waals surface area contributed by atoms with Gasteiger partial charge in [0, 0.05) is 4.47 Å². The minimum Gasteiger partial charge on any atom is -0.480 e. The number of aliphatic hydroxyl groups excluding tert-OH is 1. The highest BCUT2D eigenvalue weighted by Crippen LogP contribution is 2.30. The fourth-order valence-corrected chi connectivity index (χ4v) is 2.37. The molecule has 1 aromatic heterocycles. The third-order valence-electron chi connectivity index (χ3n) is 2.93. The SMILES string of the molecule is COc1cnc(C(O)c2ccc(Br)cc2C)c(OC)n1. The molecule has 106 valence electrons. The topological polar surface area (TPSA) is 64.5 Å². The first-order valence-corrected chi connectivity index (χ1v) is 6.75. The lowest BCUT2D eigenvalue weighted by molar-refractivity contribution is 0.206. The van der Waals surface area contributed by atoms with Crippen LogP contribution in [0.1, 0.15) is 22.9 Å². The van der Waals surface area contributed by atoms with Crippen molar-refractivity contribution in [1.29, 1.82) is 0 Å². The van der Waals surface area contributed by atoms with E-state index in [1.165, 1.54) is 20.4 Å². The summed E-state index contributed by atoms with van der Waals surface area (Å²) in [6.45, 7) is 1.92. The maximum Gasteiger partial charge on any atom is 0.241 e. The number of benzene rings is 1. The van der Waals surface area contributed by atoms with Crippen molar-refractivity contribution in [3.05, 3.63) is 45.7 Å². The molecular formula is C14H15BrN2O3. The highest BCUT2D eigenvalue weighted by atomic mass is 79.9. The number of hydrogen-bond acceptors (Lipinski definition) is 5. The quantitative estimate of drug-likeness (QED) is 0.928. The maximum absolute atomic E-state index is 10.5. The van der Waals surface area contributed by atoms with Gasteiger partial charge >= 0.3 is 0 Å². The molecule has 0 amide bonds. The van der Waals surface area contributed by atoms with Gasteiger partial charge in [-0.15, -0.1) is 0 Å². The molecule has 1 heterocycles. The normalized spacial score (nSPS) is 12.1. The fourth-order valence-electron chi connectivity index (χ4n) is 1.90. The summed E-state index contributed by atoms with van der Waals surface area (Å²) in [5, 5.41) is 10.5. The summed E-state index contributed by atoms with van der Waals surface area (Å²) in [6.07, 6.45) is 0.548. The number of aryl methyl sites for hydroxylation is 1. The van der Waals surface area contributed by atoms with Crippen molar-refractivity contribution in [2.45, 2.75) is 13.0 Å². The van der Waals surface area contributed by atoms with E-state index in [9.17, 15) is 5.11 Å². The zero-order valence-electron chi connectivity index (χ0n) is 11.4. The van der Waals surface area contributed by atoms with Crippen LogP contribution in [-0.4, -0.2) is 29.3 Å². The third-order valence-corrected chi connectivity index (χ3v) is 3.43. The van der Waals surface area contributed by atoms with Crippen LogP contribution in [0.5, 0.6) is 11.8 Å². The Morgan fingerprint density at radius 1 is 1.25 bits per heavy atom. The standard InChI is InChI=1S/C14H15BrN2O3/c1-8-6-9(15)4-5-10(8)13(18)12-14(20-3)17-11(19-2)7-16-12/h4-7,13,18H,1-3H3. The second kappa shape index (κ2) is 6.19. The van der Waals surface area contributed by atoms with E-state index in [-0.39, 0.29) is 5.88 Å². The van der Waals surface area contributed by atoms with Crippen molar-refractivity contribution in [2.24, 2.45) is 0 Å². The van der Waals surface area contributed by atoms with Gasteiger partial charge in [-0.25, -0.2) is 4.98 Å². The first kappa shape index (κ1) is 14.7. The van der Waals surface area contributed by atoms with Crippen molar-refractivity contribution < 1.29 is 14.6 Å². The van der Waals surface area contributed by atoms with E-state index in [2.05, 4.69) is 25.9 Å². The summed E-state index contributed by atoms with van der Waals surface area (Å²) in [4.78, 5) is 8.31. The summed E-state index contributed by atoms with van der Waals surface area (Å²) in [5.74, 6) is 0.587. The molecule has 0 aliphatic rings. The van der Waals surface area contributed by atoms with Gasteiger partial charge in [-0.3, -0.25) is 0 Å². The third kappa shape index (κ3) is 2.91. The molecule has 2 aromatic rings. The minimum absolute atomic E-state index is 0.249. The Morgan fingerprint density at radius 3 is 2.60 bits per heavy atom. The highest BCUT2D eigenvalue weighted by molar-refractivity contribution is 9.10. The number of aliphatic hydroxyl groups is 1. The molecule has 0 spiro atoms. The van der Waals surface area contributed by atoms with Gasteiger partial charge in [-0.05, 0) is 30.2 Å². The average molecular weight is 339 g/mol. The number of rotatable bonds is 4. The molecule has 20 heavy (non-hydrogen) atoms. The van der Waals surface area contributed by atoms with E-state index in [1.54, 1.807) is 0 Å². The predicted molar refractivity (Wildman–Crippen MR) is 78.1 cm³/mol. The summed E-state index contributed by atoms with van der Waals surface area (Å²) in [5.41, 5.74) is 2.07. The van der Waals surface area contributed by atoms with Gasteiger partial charge < -0.3 is 14.6 Å². The summed E-state index contributed by atoms with van der Waals surface area (Å²) in [7, 11) is 2.98.